The Morgan fingerprint density at radius 1 is 1.23 bits per heavy atom. The predicted molar refractivity (Wildman–Crippen MR) is 46.4 cm³/mol. The maximum absolute atomic E-state index is 12.2. The quantitative estimate of drug-likeness (QED) is 0.724. The van der Waals surface area contributed by atoms with E-state index in [4.69, 9.17) is 5.73 Å². The van der Waals surface area contributed by atoms with Crippen LogP contribution in [0.1, 0.15) is 13.8 Å². The third-order valence-electron chi connectivity index (χ3n) is 2.12. The minimum atomic E-state index is -4.17. The lowest BCUT2D eigenvalue weighted by atomic mass is 10.1. The zero-order chi connectivity index (χ0) is 10.5. The first-order chi connectivity index (χ1) is 5.95. The molecule has 0 aromatic heterocycles. The fourth-order valence-corrected chi connectivity index (χ4v) is 1.11. The van der Waals surface area contributed by atoms with Gasteiger partial charge in [0.25, 0.3) is 0 Å². The molecule has 13 heavy (non-hydrogen) atoms. The summed E-state index contributed by atoms with van der Waals surface area (Å²) in [7, 11) is 0. The first-order valence-electron chi connectivity index (χ1n) is 4.44. The lowest BCUT2D eigenvalue weighted by molar-refractivity contribution is -0.176. The van der Waals surface area contributed by atoms with Crippen LogP contribution in [0.15, 0.2) is 0 Å². The van der Waals surface area contributed by atoms with Gasteiger partial charge in [0, 0.05) is 13.1 Å². The van der Waals surface area contributed by atoms with Gasteiger partial charge in [-0.2, -0.15) is 13.2 Å². The smallest absolute Gasteiger partial charge is 0.330 e. The van der Waals surface area contributed by atoms with Crippen LogP contribution >= 0.6 is 0 Å². The Hall–Kier alpha value is -0.290. The largest absolute Gasteiger partial charge is 0.394 e. The van der Waals surface area contributed by atoms with E-state index in [1.54, 1.807) is 4.90 Å². The molecule has 0 saturated heterocycles. The summed E-state index contributed by atoms with van der Waals surface area (Å²) in [6.07, 6.45) is -4.17. The molecule has 0 aliphatic rings. The van der Waals surface area contributed by atoms with Gasteiger partial charge >= 0.3 is 6.18 Å². The van der Waals surface area contributed by atoms with Gasteiger partial charge in [-0.1, -0.05) is 13.8 Å². The van der Waals surface area contributed by atoms with Gasteiger partial charge in [-0.05, 0) is 13.1 Å². The zero-order valence-corrected chi connectivity index (χ0v) is 8.06. The molecule has 5 heteroatoms. The molecule has 0 saturated carbocycles. The number of hydrogen-bond donors (Lipinski definition) is 1. The van der Waals surface area contributed by atoms with Crippen LogP contribution in [0.4, 0.5) is 13.2 Å². The summed E-state index contributed by atoms with van der Waals surface area (Å²) >= 11 is 0. The molecule has 0 aromatic rings. The van der Waals surface area contributed by atoms with E-state index in [9.17, 15) is 13.2 Å². The summed E-state index contributed by atoms with van der Waals surface area (Å²) < 4.78 is 36.7. The molecule has 1 unspecified atom stereocenters. The Morgan fingerprint density at radius 3 is 1.92 bits per heavy atom. The van der Waals surface area contributed by atoms with Gasteiger partial charge < -0.3 is 10.6 Å². The maximum atomic E-state index is 12.2. The minimum Gasteiger partial charge on any atom is -0.330 e. The standard InChI is InChI=1S/C8H17F3N2/c1-3-13(4-2)6-7(5-12)8(9,10)11/h7H,3-6,12H2,1-2H3. The van der Waals surface area contributed by atoms with E-state index < -0.39 is 12.1 Å². The highest BCUT2D eigenvalue weighted by Crippen LogP contribution is 2.25. The molecule has 2 nitrogen and oxygen atoms in total. The molecule has 2 N–H and O–H groups in total. The molecule has 0 rings (SSSR count). The molecule has 80 valence electrons. The van der Waals surface area contributed by atoms with Gasteiger partial charge in [-0.3, -0.25) is 0 Å². The van der Waals surface area contributed by atoms with Crippen LogP contribution in [-0.4, -0.2) is 37.3 Å². The van der Waals surface area contributed by atoms with Crippen molar-refractivity contribution in [2.24, 2.45) is 11.7 Å². The predicted octanol–water partition coefficient (Wildman–Crippen LogP) is 1.47. The number of hydrogen-bond acceptors (Lipinski definition) is 2. The van der Waals surface area contributed by atoms with Gasteiger partial charge in [0.15, 0.2) is 0 Å². The maximum Gasteiger partial charge on any atom is 0.394 e. The van der Waals surface area contributed by atoms with Gasteiger partial charge in [0.05, 0.1) is 5.92 Å². The monoisotopic (exact) mass is 198 g/mol. The Balaban J connectivity index is 4.11. The van der Waals surface area contributed by atoms with E-state index in [-0.39, 0.29) is 13.1 Å². The van der Waals surface area contributed by atoms with Crippen molar-refractivity contribution in [2.45, 2.75) is 20.0 Å². The highest BCUT2D eigenvalue weighted by molar-refractivity contribution is 4.72. The van der Waals surface area contributed by atoms with E-state index in [0.29, 0.717) is 13.1 Å². The van der Waals surface area contributed by atoms with Crippen molar-refractivity contribution in [3.8, 4) is 0 Å². The summed E-state index contributed by atoms with van der Waals surface area (Å²) in [4.78, 5) is 1.73. The minimum absolute atomic E-state index is 0.00694. The third-order valence-corrected chi connectivity index (χ3v) is 2.12. The Labute approximate surface area is 76.9 Å². The molecular weight excluding hydrogens is 181 g/mol. The average Bonchev–Trinajstić information content (AvgIpc) is 2.04. The van der Waals surface area contributed by atoms with Gasteiger partial charge in [0.2, 0.25) is 0 Å². The lowest BCUT2D eigenvalue weighted by Crippen LogP contribution is -2.40. The highest BCUT2D eigenvalue weighted by Gasteiger charge is 2.38. The summed E-state index contributed by atoms with van der Waals surface area (Å²) in [6, 6.07) is 0. The first-order valence-corrected chi connectivity index (χ1v) is 4.44. The summed E-state index contributed by atoms with van der Waals surface area (Å²) in [5, 5.41) is 0. The molecule has 0 aliphatic heterocycles. The van der Waals surface area contributed by atoms with Crippen molar-refractivity contribution in [3.63, 3.8) is 0 Å². The lowest BCUT2D eigenvalue weighted by Gasteiger charge is -2.25. The molecule has 0 aliphatic carbocycles. The summed E-state index contributed by atoms with van der Waals surface area (Å²) in [5.74, 6) is -1.40. The van der Waals surface area contributed by atoms with Crippen LogP contribution < -0.4 is 5.73 Å². The van der Waals surface area contributed by atoms with E-state index in [2.05, 4.69) is 0 Å². The van der Waals surface area contributed by atoms with Crippen molar-refractivity contribution in [2.75, 3.05) is 26.2 Å². The first kappa shape index (κ1) is 12.7. The fraction of sp³-hybridized carbons (Fsp3) is 1.00. The van der Waals surface area contributed by atoms with Gasteiger partial charge in [-0.25, -0.2) is 0 Å². The van der Waals surface area contributed by atoms with Crippen molar-refractivity contribution in [3.05, 3.63) is 0 Å². The molecular formula is C8H17F3N2. The average molecular weight is 198 g/mol. The molecule has 0 heterocycles. The van der Waals surface area contributed by atoms with Crippen molar-refractivity contribution >= 4 is 0 Å². The van der Waals surface area contributed by atoms with Crippen LogP contribution in [0.3, 0.4) is 0 Å². The van der Waals surface area contributed by atoms with Gasteiger partial charge in [-0.15, -0.1) is 0 Å². The summed E-state index contributed by atoms with van der Waals surface area (Å²) in [5.41, 5.74) is 5.07. The van der Waals surface area contributed by atoms with Crippen molar-refractivity contribution < 1.29 is 13.2 Å². The SMILES string of the molecule is CCN(CC)CC(CN)C(F)(F)F. The molecule has 0 spiro atoms. The molecule has 0 amide bonds. The number of rotatable bonds is 5. The molecule has 0 fully saturated rings. The molecule has 1 atom stereocenters. The molecule has 0 aromatic carbocycles. The van der Waals surface area contributed by atoms with Crippen molar-refractivity contribution in [1.29, 1.82) is 0 Å². The number of nitrogens with zero attached hydrogens (tertiary/aromatic N) is 1. The Morgan fingerprint density at radius 2 is 1.69 bits per heavy atom. The summed E-state index contributed by atoms with van der Waals surface area (Å²) in [6.45, 7) is 4.61. The number of alkyl halides is 3. The number of nitrogens with two attached hydrogens (primary N) is 1. The second-order valence-electron chi connectivity index (χ2n) is 2.96. The van der Waals surface area contributed by atoms with Gasteiger partial charge in [0.1, 0.15) is 0 Å². The normalized spacial score (nSPS) is 15.0. The van der Waals surface area contributed by atoms with Crippen LogP contribution in [0.2, 0.25) is 0 Å². The Kier molecular flexibility index (Phi) is 5.32. The van der Waals surface area contributed by atoms with Crippen LogP contribution in [-0.2, 0) is 0 Å². The second kappa shape index (κ2) is 5.44. The van der Waals surface area contributed by atoms with E-state index in [1.165, 1.54) is 0 Å². The topological polar surface area (TPSA) is 29.3 Å². The van der Waals surface area contributed by atoms with E-state index in [0.717, 1.165) is 0 Å². The van der Waals surface area contributed by atoms with Crippen molar-refractivity contribution in [1.82, 2.24) is 4.90 Å². The van der Waals surface area contributed by atoms with Crippen LogP contribution in [0, 0.1) is 5.92 Å². The van der Waals surface area contributed by atoms with Crippen LogP contribution in [0.25, 0.3) is 0 Å². The number of halogens is 3. The van der Waals surface area contributed by atoms with E-state index in [1.807, 2.05) is 13.8 Å². The van der Waals surface area contributed by atoms with Crippen LogP contribution in [0.5, 0.6) is 0 Å². The second-order valence-corrected chi connectivity index (χ2v) is 2.96. The highest BCUT2D eigenvalue weighted by atomic mass is 19.4. The molecule has 0 radical (unpaired) electrons. The third kappa shape index (κ3) is 4.47. The Bertz CT molecular complexity index is 132. The fourth-order valence-electron chi connectivity index (χ4n) is 1.11. The zero-order valence-electron chi connectivity index (χ0n) is 8.06. The van der Waals surface area contributed by atoms with E-state index >= 15 is 0 Å². The molecule has 0 bridgehead atoms.